The summed E-state index contributed by atoms with van der Waals surface area (Å²) in [5.41, 5.74) is -2.13. The predicted octanol–water partition coefficient (Wildman–Crippen LogP) is 1.64. The smallest absolute Gasteiger partial charge is 0.306 e. The standard InChI is InChI=1S/C30H40O12/c31-23(39-9-19-5-35-19)1-27-13-28(2-24(32)40-10-20-6-36-20)16-29(14-27,3-25(33)41-11-21-7-37-21)18-30(15-27,17-28)4-26(34)42-12-22-8-38-22/h19-22H,1-18H2. The maximum Gasteiger partial charge on any atom is 0.306 e. The molecular weight excluding hydrogens is 552 g/mol. The minimum Gasteiger partial charge on any atom is -0.463 e. The molecule has 42 heavy (non-hydrogen) atoms. The van der Waals surface area contributed by atoms with E-state index in [9.17, 15) is 19.2 Å². The van der Waals surface area contributed by atoms with Gasteiger partial charge in [-0.15, -0.1) is 0 Å². The highest BCUT2D eigenvalue weighted by Crippen LogP contribution is 2.77. The average Bonchev–Trinajstić information content (AvgIpc) is 3.73. The van der Waals surface area contributed by atoms with Gasteiger partial charge in [0.25, 0.3) is 0 Å². The molecule has 4 unspecified atom stereocenters. The summed E-state index contributed by atoms with van der Waals surface area (Å²) >= 11 is 0. The van der Waals surface area contributed by atoms with Crippen molar-refractivity contribution in [1.29, 1.82) is 0 Å². The fourth-order valence-electron chi connectivity index (χ4n) is 9.10. The molecule has 4 saturated carbocycles. The van der Waals surface area contributed by atoms with Gasteiger partial charge in [0.15, 0.2) is 0 Å². The molecule has 0 aromatic carbocycles. The fraction of sp³-hybridized carbons (Fsp3) is 0.867. The van der Waals surface area contributed by atoms with E-state index in [1.54, 1.807) is 0 Å². The van der Waals surface area contributed by atoms with E-state index in [0.717, 1.165) is 0 Å². The van der Waals surface area contributed by atoms with Crippen LogP contribution in [0.2, 0.25) is 0 Å². The van der Waals surface area contributed by atoms with Crippen LogP contribution in [0.25, 0.3) is 0 Å². The molecule has 12 heteroatoms. The molecule has 4 atom stereocenters. The zero-order chi connectivity index (χ0) is 29.0. The number of rotatable bonds is 16. The Morgan fingerprint density at radius 3 is 0.786 bits per heavy atom. The molecule has 0 radical (unpaired) electrons. The van der Waals surface area contributed by atoms with Crippen molar-refractivity contribution < 1.29 is 57.1 Å². The van der Waals surface area contributed by atoms with Crippen LogP contribution in [0.1, 0.15) is 64.2 Å². The predicted molar refractivity (Wildman–Crippen MR) is 139 cm³/mol. The molecule has 232 valence electrons. The molecule has 4 bridgehead atoms. The highest BCUT2D eigenvalue weighted by molar-refractivity contribution is 5.74. The number of epoxide rings is 4. The molecule has 4 heterocycles. The zero-order valence-corrected chi connectivity index (χ0v) is 23.9. The van der Waals surface area contributed by atoms with E-state index in [1.807, 2.05) is 0 Å². The van der Waals surface area contributed by atoms with E-state index in [4.69, 9.17) is 37.9 Å². The average molecular weight is 593 g/mol. The second-order valence-electron chi connectivity index (χ2n) is 14.3. The van der Waals surface area contributed by atoms with Crippen LogP contribution in [0.3, 0.4) is 0 Å². The summed E-state index contributed by atoms with van der Waals surface area (Å²) in [6.45, 7) is 3.23. The number of carbonyl (C=O) groups excluding carboxylic acids is 4. The van der Waals surface area contributed by atoms with Gasteiger partial charge in [-0.3, -0.25) is 19.2 Å². The first-order valence-corrected chi connectivity index (χ1v) is 15.2. The molecule has 0 aromatic rings. The highest BCUT2D eigenvalue weighted by atomic mass is 16.6. The second-order valence-corrected chi connectivity index (χ2v) is 14.3. The van der Waals surface area contributed by atoms with Crippen LogP contribution < -0.4 is 0 Å². The monoisotopic (exact) mass is 592 g/mol. The van der Waals surface area contributed by atoms with E-state index < -0.39 is 21.7 Å². The van der Waals surface area contributed by atoms with Crippen molar-refractivity contribution in [2.45, 2.75) is 88.6 Å². The summed E-state index contributed by atoms with van der Waals surface area (Å²) in [6.07, 6.45) is 4.22. The van der Waals surface area contributed by atoms with Gasteiger partial charge in [0.1, 0.15) is 50.8 Å². The van der Waals surface area contributed by atoms with Crippen LogP contribution in [0.5, 0.6) is 0 Å². The van der Waals surface area contributed by atoms with Crippen molar-refractivity contribution in [3.05, 3.63) is 0 Å². The van der Waals surface area contributed by atoms with Crippen molar-refractivity contribution in [2.24, 2.45) is 21.7 Å². The number of hydrogen-bond acceptors (Lipinski definition) is 12. The first kappa shape index (κ1) is 28.5. The SMILES string of the molecule is O=C(CC12CC3(CC(=O)OCC4CO4)CC(CC(=O)OCC4CO4)(C1)CC(CC(=O)OCC1CO1)(C2)C3)OCC1CO1. The summed E-state index contributed by atoms with van der Waals surface area (Å²) in [5, 5.41) is 0. The summed E-state index contributed by atoms with van der Waals surface area (Å²) in [7, 11) is 0. The van der Waals surface area contributed by atoms with Crippen molar-refractivity contribution >= 4 is 23.9 Å². The zero-order valence-electron chi connectivity index (χ0n) is 23.9. The van der Waals surface area contributed by atoms with E-state index in [-0.39, 0.29) is 100 Å². The molecule has 8 aliphatic rings. The first-order valence-electron chi connectivity index (χ1n) is 15.2. The normalized spacial score (nSPS) is 41.5. The lowest BCUT2D eigenvalue weighted by Crippen LogP contribution is -2.62. The maximum atomic E-state index is 13.2. The summed E-state index contributed by atoms with van der Waals surface area (Å²) in [4.78, 5) is 52.8. The van der Waals surface area contributed by atoms with Gasteiger partial charge in [-0.1, -0.05) is 0 Å². The van der Waals surface area contributed by atoms with Crippen LogP contribution in [0.4, 0.5) is 0 Å². The Bertz CT molecular complexity index is 896. The molecule has 8 fully saturated rings. The minimum absolute atomic E-state index is 0.0463. The van der Waals surface area contributed by atoms with Gasteiger partial charge >= 0.3 is 23.9 Å². The largest absolute Gasteiger partial charge is 0.463 e. The summed E-state index contributed by atoms with van der Waals surface area (Å²) in [5.74, 6) is -1.27. The van der Waals surface area contributed by atoms with E-state index in [1.165, 1.54) is 0 Å². The molecule has 4 aliphatic carbocycles. The lowest BCUT2D eigenvalue weighted by Gasteiger charge is -2.70. The third-order valence-electron chi connectivity index (χ3n) is 9.91. The Morgan fingerprint density at radius 1 is 0.429 bits per heavy atom. The number of esters is 4. The van der Waals surface area contributed by atoms with Crippen LogP contribution in [0, 0.1) is 21.7 Å². The Morgan fingerprint density at radius 2 is 0.619 bits per heavy atom. The van der Waals surface area contributed by atoms with Crippen molar-refractivity contribution in [3.8, 4) is 0 Å². The van der Waals surface area contributed by atoms with Crippen LogP contribution in [-0.4, -0.2) is 101 Å². The fourth-order valence-corrected chi connectivity index (χ4v) is 9.10. The Labute approximate surface area is 244 Å². The van der Waals surface area contributed by atoms with Gasteiger partial charge in [0, 0.05) is 0 Å². The maximum absolute atomic E-state index is 13.2. The molecule has 4 saturated heterocycles. The van der Waals surface area contributed by atoms with Gasteiger partial charge < -0.3 is 37.9 Å². The van der Waals surface area contributed by atoms with Crippen molar-refractivity contribution in [3.63, 3.8) is 0 Å². The van der Waals surface area contributed by atoms with E-state index in [0.29, 0.717) is 65.0 Å². The highest BCUT2D eigenvalue weighted by Gasteiger charge is 2.69. The van der Waals surface area contributed by atoms with Gasteiger partial charge in [0.05, 0.1) is 52.1 Å². The van der Waals surface area contributed by atoms with Crippen molar-refractivity contribution in [2.75, 3.05) is 52.9 Å². The van der Waals surface area contributed by atoms with Crippen LogP contribution in [-0.2, 0) is 57.1 Å². The summed E-state index contributed by atoms with van der Waals surface area (Å²) in [6, 6.07) is 0. The van der Waals surface area contributed by atoms with E-state index in [2.05, 4.69) is 0 Å². The molecule has 0 aromatic heterocycles. The van der Waals surface area contributed by atoms with Gasteiger partial charge in [-0.05, 0) is 60.2 Å². The molecular formula is C30H40O12. The van der Waals surface area contributed by atoms with Crippen molar-refractivity contribution in [1.82, 2.24) is 0 Å². The molecule has 8 rings (SSSR count). The third kappa shape index (κ3) is 6.92. The minimum atomic E-state index is -0.532. The number of carbonyl (C=O) groups is 4. The Kier molecular flexibility index (Phi) is 7.26. The van der Waals surface area contributed by atoms with Crippen LogP contribution >= 0.6 is 0 Å². The Hall–Kier alpha value is -2.28. The van der Waals surface area contributed by atoms with Crippen LogP contribution in [0.15, 0.2) is 0 Å². The lowest BCUT2D eigenvalue weighted by molar-refractivity contribution is -0.220. The quantitative estimate of drug-likeness (QED) is 0.145. The number of hydrogen-bond donors (Lipinski definition) is 0. The first-order chi connectivity index (χ1) is 20.1. The molecule has 4 aliphatic heterocycles. The van der Waals surface area contributed by atoms with Gasteiger partial charge in [-0.25, -0.2) is 0 Å². The second kappa shape index (κ2) is 10.7. The van der Waals surface area contributed by atoms with Gasteiger partial charge in [-0.2, -0.15) is 0 Å². The summed E-state index contributed by atoms with van der Waals surface area (Å²) < 4.78 is 43.2. The molecule has 0 amide bonds. The van der Waals surface area contributed by atoms with Gasteiger partial charge in [0.2, 0.25) is 0 Å². The Balaban J connectivity index is 1.15. The number of ether oxygens (including phenoxy) is 8. The molecule has 0 spiro atoms. The van der Waals surface area contributed by atoms with E-state index >= 15 is 0 Å². The molecule has 12 nitrogen and oxygen atoms in total. The third-order valence-corrected chi connectivity index (χ3v) is 9.91. The topological polar surface area (TPSA) is 155 Å². The molecule has 0 N–H and O–H groups in total. The lowest BCUT2D eigenvalue weighted by atomic mass is 9.33.